The highest BCUT2D eigenvalue weighted by atomic mass is 35.5. The quantitative estimate of drug-likeness (QED) is 0.708. The predicted octanol–water partition coefficient (Wildman–Crippen LogP) is 4.43. The molecule has 21 heavy (non-hydrogen) atoms. The van der Waals surface area contributed by atoms with Crippen molar-refractivity contribution in [1.29, 1.82) is 0 Å². The summed E-state index contributed by atoms with van der Waals surface area (Å²) in [5.74, 6) is 0.256. The average molecular weight is 324 g/mol. The van der Waals surface area contributed by atoms with E-state index in [0.29, 0.717) is 32.7 Å². The fraction of sp³-hybridized carbons (Fsp3) is 0. The van der Waals surface area contributed by atoms with Gasteiger partial charge in [0.1, 0.15) is 5.82 Å². The molecule has 4 nitrogen and oxygen atoms in total. The second kappa shape index (κ2) is 5.35. The zero-order chi connectivity index (χ0) is 15.0. The lowest BCUT2D eigenvalue weighted by Gasteiger charge is -2.02. The molecule has 0 aliphatic heterocycles. The van der Waals surface area contributed by atoms with Gasteiger partial charge in [0.2, 0.25) is 5.82 Å². The van der Waals surface area contributed by atoms with Crippen molar-refractivity contribution in [1.82, 2.24) is 10.1 Å². The van der Waals surface area contributed by atoms with Gasteiger partial charge in [-0.3, -0.25) is 0 Å². The first-order valence-corrected chi connectivity index (χ1v) is 6.65. The summed E-state index contributed by atoms with van der Waals surface area (Å²) >= 11 is 11.9. The second-order valence-corrected chi connectivity index (χ2v) is 5.10. The van der Waals surface area contributed by atoms with E-state index in [1.54, 1.807) is 24.3 Å². The lowest BCUT2D eigenvalue weighted by molar-refractivity contribution is 0.432. The zero-order valence-corrected chi connectivity index (χ0v) is 12.0. The van der Waals surface area contributed by atoms with Crippen molar-refractivity contribution < 1.29 is 8.91 Å². The molecule has 7 heteroatoms. The fourth-order valence-electron chi connectivity index (χ4n) is 1.76. The number of hydrogen-bond acceptors (Lipinski definition) is 4. The van der Waals surface area contributed by atoms with Gasteiger partial charge in [0.25, 0.3) is 5.89 Å². The van der Waals surface area contributed by atoms with Crippen LogP contribution in [0.1, 0.15) is 0 Å². The standard InChI is InChI=1S/C14H8Cl2FN3O/c15-10-5-8(6-11(16)12(10)18)14-19-13(20-21-14)7-1-3-9(17)4-2-7/h1-6H,18H2. The van der Waals surface area contributed by atoms with E-state index in [9.17, 15) is 4.39 Å². The van der Waals surface area contributed by atoms with Gasteiger partial charge in [-0.2, -0.15) is 4.98 Å². The topological polar surface area (TPSA) is 64.9 Å². The molecule has 0 saturated carbocycles. The van der Waals surface area contributed by atoms with Gasteiger partial charge in [0.05, 0.1) is 15.7 Å². The maximum Gasteiger partial charge on any atom is 0.258 e. The number of rotatable bonds is 2. The van der Waals surface area contributed by atoms with Gasteiger partial charge in [-0.1, -0.05) is 28.4 Å². The molecule has 0 unspecified atom stereocenters. The third-order valence-corrected chi connectivity index (χ3v) is 3.48. The van der Waals surface area contributed by atoms with E-state index in [1.165, 1.54) is 12.1 Å². The molecule has 0 spiro atoms. The van der Waals surface area contributed by atoms with Crippen LogP contribution >= 0.6 is 23.2 Å². The molecular formula is C14H8Cl2FN3O. The minimum atomic E-state index is -0.334. The Kier molecular flexibility index (Phi) is 3.53. The Morgan fingerprint density at radius 3 is 2.24 bits per heavy atom. The van der Waals surface area contributed by atoms with E-state index in [0.717, 1.165) is 0 Å². The summed E-state index contributed by atoms with van der Waals surface area (Å²) in [6.45, 7) is 0. The number of hydrogen-bond donors (Lipinski definition) is 1. The highest BCUT2D eigenvalue weighted by molar-refractivity contribution is 6.39. The summed E-state index contributed by atoms with van der Waals surface area (Å²) in [4.78, 5) is 4.23. The first-order valence-electron chi connectivity index (χ1n) is 5.89. The van der Waals surface area contributed by atoms with Gasteiger partial charge in [-0.25, -0.2) is 4.39 Å². The van der Waals surface area contributed by atoms with Crippen molar-refractivity contribution in [2.24, 2.45) is 0 Å². The third kappa shape index (κ3) is 2.70. The van der Waals surface area contributed by atoms with Crippen LogP contribution in [-0.2, 0) is 0 Å². The molecule has 3 rings (SSSR count). The van der Waals surface area contributed by atoms with Gasteiger partial charge in [0.15, 0.2) is 0 Å². The van der Waals surface area contributed by atoms with Gasteiger partial charge in [-0.15, -0.1) is 0 Å². The van der Waals surface area contributed by atoms with Crippen LogP contribution in [0, 0.1) is 5.82 Å². The number of benzene rings is 2. The minimum Gasteiger partial charge on any atom is -0.396 e. The van der Waals surface area contributed by atoms with Crippen LogP contribution in [0.25, 0.3) is 22.8 Å². The highest BCUT2D eigenvalue weighted by Gasteiger charge is 2.13. The van der Waals surface area contributed by atoms with Crippen molar-refractivity contribution in [2.45, 2.75) is 0 Å². The molecule has 0 saturated heterocycles. The molecule has 0 aliphatic rings. The predicted molar refractivity (Wildman–Crippen MR) is 79.6 cm³/mol. The lowest BCUT2D eigenvalue weighted by Crippen LogP contribution is -1.89. The second-order valence-electron chi connectivity index (χ2n) is 4.28. The number of aromatic nitrogens is 2. The Labute approximate surface area is 129 Å². The summed E-state index contributed by atoms with van der Waals surface area (Å²) in [7, 11) is 0. The van der Waals surface area contributed by atoms with Crippen molar-refractivity contribution in [3.05, 3.63) is 52.3 Å². The van der Waals surface area contributed by atoms with E-state index < -0.39 is 0 Å². The van der Waals surface area contributed by atoms with Gasteiger partial charge < -0.3 is 10.3 Å². The average Bonchev–Trinajstić information content (AvgIpc) is 2.95. The van der Waals surface area contributed by atoms with Crippen LogP contribution in [0.2, 0.25) is 10.0 Å². The molecule has 0 bridgehead atoms. The van der Waals surface area contributed by atoms with E-state index in [-0.39, 0.29) is 11.7 Å². The van der Waals surface area contributed by atoms with Gasteiger partial charge in [-0.05, 0) is 36.4 Å². The summed E-state index contributed by atoms with van der Waals surface area (Å²) in [6.07, 6.45) is 0. The van der Waals surface area contributed by atoms with Crippen LogP contribution in [0.5, 0.6) is 0 Å². The van der Waals surface area contributed by atoms with Crippen LogP contribution in [-0.4, -0.2) is 10.1 Å². The number of halogens is 3. The Morgan fingerprint density at radius 2 is 1.62 bits per heavy atom. The first kappa shape index (κ1) is 13.9. The molecule has 106 valence electrons. The normalized spacial score (nSPS) is 10.8. The molecule has 0 radical (unpaired) electrons. The molecule has 3 aromatic rings. The van der Waals surface area contributed by atoms with Crippen molar-refractivity contribution >= 4 is 28.9 Å². The summed E-state index contributed by atoms with van der Waals surface area (Å²) in [5, 5.41) is 4.46. The Hall–Kier alpha value is -2.11. The summed E-state index contributed by atoms with van der Waals surface area (Å²) in [5.41, 5.74) is 7.16. The highest BCUT2D eigenvalue weighted by Crippen LogP contribution is 2.33. The van der Waals surface area contributed by atoms with Crippen molar-refractivity contribution in [3.8, 4) is 22.8 Å². The van der Waals surface area contributed by atoms with E-state index in [1.807, 2.05) is 0 Å². The van der Waals surface area contributed by atoms with Crippen molar-refractivity contribution in [2.75, 3.05) is 5.73 Å². The zero-order valence-electron chi connectivity index (χ0n) is 10.5. The number of nitrogen functional groups attached to an aromatic ring is 1. The molecule has 1 aromatic heterocycles. The minimum absolute atomic E-state index is 0.248. The fourth-order valence-corrected chi connectivity index (χ4v) is 2.25. The van der Waals surface area contributed by atoms with Crippen molar-refractivity contribution in [3.63, 3.8) is 0 Å². The van der Waals surface area contributed by atoms with Crippen LogP contribution in [0.3, 0.4) is 0 Å². The molecule has 0 amide bonds. The lowest BCUT2D eigenvalue weighted by atomic mass is 10.2. The molecule has 1 heterocycles. The molecular weight excluding hydrogens is 316 g/mol. The van der Waals surface area contributed by atoms with E-state index in [2.05, 4.69) is 10.1 Å². The number of nitrogens with two attached hydrogens (primary N) is 1. The molecule has 0 fully saturated rings. The van der Waals surface area contributed by atoms with Crippen LogP contribution in [0.15, 0.2) is 40.9 Å². The van der Waals surface area contributed by atoms with Gasteiger partial charge >= 0.3 is 0 Å². The SMILES string of the molecule is Nc1c(Cl)cc(-c2nc(-c3ccc(F)cc3)no2)cc1Cl. The largest absolute Gasteiger partial charge is 0.396 e. The number of anilines is 1. The maximum absolute atomic E-state index is 12.9. The monoisotopic (exact) mass is 323 g/mol. The molecule has 0 aliphatic carbocycles. The Bertz CT molecular complexity index is 779. The Morgan fingerprint density at radius 1 is 1.00 bits per heavy atom. The number of nitrogens with zero attached hydrogens (tertiary/aromatic N) is 2. The van der Waals surface area contributed by atoms with E-state index in [4.69, 9.17) is 33.5 Å². The van der Waals surface area contributed by atoms with Crippen LogP contribution < -0.4 is 5.73 Å². The van der Waals surface area contributed by atoms with Crippen LogP contribution in [0.4, 0.5) is 10.1 Å². The smallest absolute Gasteiger partial charge is 0.258 e. The van der Waals surface area contributed by atoms with E-state index >= 15 is 0 Å². The molecule has 2 N–H and O–H groups in total. The molecule has 0 atom stereocenters. The Balaban J connectivity index is 2.00. The maximum atomic E-state index is 12.9. The van der Waals surface area contributed by atoms with Gasteiger partial charge in [0, 0.05) is 11.1 Å². The summed E-state index contributed by atoms with van der Waals surface area (Å²) in [6, 6.07) is 8.94. The first-order chi connectivity index (χ1) is 10.0. The molecule has 2 aromatic carbocycles. The third-order valence-electron chi connectivity index (χ3n) is 2.85. The summed E-state index contributed by atoms with van der Waals surface area (Å²) < 4.78 is 18.1.